The van der Waals surface area contributed by atoms with Crippen molar-refractivity contribution in [3.8, 4) is 0 Å². The Hall–Kier alpha value is -0.0800. The molecule has 2 heteroatoms. The predicted octanol–water partition coefficient (Wildman–Crippen LogP) is 4.50. The molecule has 0 spiro atoms. The van der Waals surface area contributed by atoms with E-state index in [1.165, 1.54) is 19.8 Å². The molecule has 0 aromatic heterocycles. The van der Waals surface area contributed by atoms with Crippen molar-refractivity contribution in [2.45, 2.75) is 88.1 Å². The van der Waals surface area contributed by atoms with Crippen molar-refractivity contribution in [1.82, 2.24) is 9.80 Å². The van der Waals surface area contributed by atoms with E-state index >= 15 is 0 Å². The first-order valence-corrected chi connectivity index (χ1v) is 11.7. The average Bonchev–Trinajstić information content (AvgIpc) is 3.04. The molecule has 8 saturated carbocycles. The lowest BCUT2D eigenvalue weighted by molar-refractivity contribution is -0.111. The SMILES string of the molecule is C1C2CC3CC1CC(N1CCN(C45CC6CC(CC(C6)C4)C5)C1)(C2)C3. The van der Waals surface area contributed by atoms with Crippen molar-refractivity contribution < 1.29 is 0 Å². The van der Waals surface area contributed by atoms with Crippen molar-refractivity contribution in [1.29, 1.82) is 0 Å². The fraction of sp³-hybridized carbons (Fsp3) is 1.00. The van der Waals surface area contributed by atoms with Crippen LogP contribution in [0.25, 0.3) is 0 Å². The summed E-state index contributed by atoms with van der Waals surface area (Å²) in [5.41, 5.74) is 1.29. The van der Waals surface area contributed by atoms with E-state index in [4.69, 9.17) is 0 Å². The van der Waals surface area contributed by atoms with Gasteiger partial charge >= 0.3 is 0 Å². The molecule has 0 N–H and O–H groups in total. The Morgan fingerprint density at radius 2 is 0.720 bits per heavy atom. The van der Waals surface area contributed by atoms with Gasteiger partial charge in [0.25, 0.3) is 0 Å². The molecule has 0 atom stereocenters. The van der Waals surface area contributed by atoms with Crippen LogP contribution in [0.1, 0.15) is 77.0 Å². The molecular weight excluding hydrogens is 304 g/mol. The Balaban J connectivity index is 1.14. The smallest absolute Gasteiger partial charge is 0.0517 e. The summed E-state index contributed by atoms with van der Waals surface area (Å²) in [5.74, 6) is 6.58. The fourth-order valence-electron chi connectivity index (χ4n) is 10.3. The van der Waals surface area contributed by atoms with Gasteiger partial charge in [0.2, 0.25) is 0 Å². The van der Waals surface area contributed by atoms with Crippen molar-refractivity contribution in [2.24, 2.45) is 35.5 Å². The van der Waals surface area contributed by atoms with Gasteiger partial charge in [-0.25, -0.2) is 0 Å². The maximum Gasteiger partial charge on any atom is 0.0517 e. The molecule has 25 heavy (non-hydrogen) atoms. The normalized spacial score (nSPS) is 60.0. The first-order chi connectivity index (χ1) is 12.2. The monoisotopic (exact) mass is 340 g/mol. The van der Waals surface area contributed by atoms with Gasteiger partial charge in [0.1, 0.15) is 0 Å². The highest BCUT2D eigenvalue weighted by atomic mass is 15.4. The van der Waals surface area contributed by atoms with Crippen LogP contribution >= 0.6 is 0 Å². The minimum atomic E-state index is 0.645. The molecule has 2 nitrogen and oxygen atoms in total. The number of nitrogens with zero attached hydrogens (tertiary/aromatic N) is 2. The topological polar surface area (TPSA) is 6.48 Å². The van der Waals surface area contributed by atoms with Gasteiger partial charge in [-0.2, -0.15) is 0 Å². The van der Waals surface area contributed by atoms with E-state index in [1.807, 2.05) is 0 Å². The molecule has 1 aliphatic heterocycles. The van der Waals surface area contributed by atoms with E-state index < -0.39 is 0 Å². The molecule has 9 rings (SSSR count). The highest BCUT2D eigenvalue weighted by Crippen LogP contribution is 2.60. The first-order valence-electron chi connectivity index (χ1n) is 11.7. The lowest BCUT2D eigenvalue weighted by Gasteiger charge is -2.61. The van der Waals surface area contributed by atoms with Crippen LogP contribution < -0.4 is 0 Å². The second-order valence-electron chi connectivity index (χ2n) is 12.0. The minimum absolute atomic E-state index is 0.645. The lowest BCUT2D eigenvalue weighted by Crippen LogP contribution is -2.62. The van der Waals surface area contributed by atoms with Gasteiger partial charge in [-0.1, -0.05) is 0 Å². The molecule has 1 saturated heterocycles. The largest absolute Gasteiger partial charge is 0.283 e. The third-order valence-electron chi connectivity index (χ3n) is 10.3. The van der Waals surface area contributed by atoms with Gasteiger partial charge in [-0.15, -0.1) is 0 Å². The highest BCUT2D eigenvalue weighted by molar-refractivity contribution is 5.12. The van der Waals surface area contributed by atoms with Gasteiger partial charge < -0.3 is 0 Å². The van der Waals surface area contributed by atoms with Gasteiger partial charge in [-0.05, 0) is 113 Å². The maximum atomic E-state index is 3.04. The Kier molecular flexibility index (Phi) is 2.89. The van der Waals surface area contributed by atoms with E-state index in [-0.39, 0.29) is 0 Å². The second-order valence-corrected chi connectivity index (χ2v) is 12.0. The summed E-state index contributed by atoms with van der Waals surface area (Å²) >= 11 is 0. The zero-order chi connectivity index (χ0) is 16.2. The third-order valence-corrected chi connectivity index (χ3v) is 10.3. The zero-order valence-electron chi connectivity index (χ0n) is 16.0. The summed E-state index contributed by atoms with van der Waals surface area (Å²) in [7, 11) is 0. The van der Waals surface area contributed by atoms with E-state index in [1.54, 1.807) is 77.0 Å². The van der Waals surface area contributed by atoms with Crippen LogP contribution in [0, 0.1) is 35.5 Å². The molecule has 1 heterocycles. The number of rotatable bonds is 2. The van der Waals surface area contributed by atoms with Crippen molar-refractivity contribution in [2.75, 3.05) is 19.8 Å². The van der Waals surface area contributed by atoms with Gasteiger partial charge in [0.05, 0.1) is 6.67 Å². The zero-order valence-corrected chi connectivity index (χ0v) is 16.0. The molecule has 0 aromatic rings. The summed E-state index contributed by atoms with van der Waals surface area (Å²) in [6, 6.07) is 0. The molecule has 138 valence electrons. The molecular formula is C23H36N2. The van der Waals surface area contributed by atoms with Crippen LogP contribution in [0.4, 0.5) is 0 Å². The Bertz CT molecular complexity index is 460. The third kappa shape index (κ3) is 2.05. The fourth-order valence-corrected chi connectivity index (χ4v) is 10.3. The Morgan fingerprint density at radius 1 is 0.440 bits per heavy atom. The molecule has 9 aliphatic rings. The van der Waals surface area contributed by atoms with E-state index in [9.17, 15) is 0 Å². The van der Waals surface area contributed by atoms with E-state index in [2.05, 4.69) is 9.80 Å². The van der Waals surface area contributed by atoms with Gasteiger partial charge in [-0.3, -0.25) is 9.80 Å². The van der Waals surface area contributed by atoms with Crippen molar-refractivity contribution in [3.63, 3.8) is 0 Å². The Morgan fingerprint density at radius 3 is 1.00 bits per heavy atom. The van der Waals surface area contributed by atoms with Crippen molar-refractivity contribution in [3.05, 3.63) is 0 Å². The van der Waals surface area contributed by atoms with Gasteiger partial charge in [0.15, 0.2) is 0 Å². The quantitative estimate of drug-likeness (QED) is 0.730. The molecule has 0 aromatic carbocycles. The molecule has 8 aliphatic carbocycles. The molecule has 0 radical (unpaired) electrons. The highest BCUT2D eigenvalue weighted by Gasteiger charge is 2.58. The maximum absolute atomic E-state index is 3.04. The van der Waals surface area contributed by atoms with Crippen LogP contribution in [0.15, 0.2) is 0 Å². The summed E-state index contributed by atoms with van der Waals surface area (Å²) < 4.78 is 0. The summed E-state index contributed by atoms with van der Waals surface area (Å²) in [5, 5.41) is 0. The minimum Gasteiger partial charge on any atom is -0.283 e. The lowest BCUT2D eigenvalue weighted by atomic mass is 9.52. The molecule has 9 fully saturated rings. The average molecular weight is 341 g/mol. The Labute approximate surface area is 153 Å². The predicted molar refractivity (Wildman–Crippen MR) is 100 cm³/mol. The second kappa shape index (κ2) is 4.85. The molecule has 8 bridgehead atoms. The standard InChI is InChI=1S/C23H36N2/c1-2-25(23-12-19-6-20(13-23)8-21(7-19)14-23)15-24(1)22-9-16-3-17(10-22)5-18(4-16)11-22/h16-21H,1-15H2. The summed E-state index contributed by atoms with van der Waals surface area (Å²) in [6.07, 6.45) is 18.9. The van der Waals surface area contributed by atoms with E-state index in [0.717, 1.165) is 35.5 Å². The molecule has 0 amide bonds. The van der Waals surface area contributed by atoms with Crippen molar-refractivity contribution >= 4 is 0 Å². The summed E-state index contributed by atoms with van der Waals surface area (Å²) in [6.45, 7) is 4.14. The molecule has 0 unspecified atom stereocenters. The van der Waals surface area contributed by atoms with Crippen LogP contribution in [0.3, 0.4) is 0 Å². The van der Waals surface area contributed by atoms with Crippen LogP contribution in [-0.2, 0) is 0 Å². The number of hydrogen-bond donors (Lipinski definition) is 0. The van der Waals surface area contributed by atoms with Crippen LogP contribution in [-0.4, -0.2) is 40.6 Å². The van der Waals surface area contributed by atoms with E-state index in [0.29, 0.717) is 11.1 Å². The van der Waals surface area contributed by atoms with Gasteiger partial charge in [0, 0.05) is 24.2 Å². The van der Waals surface area contributed by atoms with Crippen LogP contribution in [0.2, 0.25) is 0 Å². The summed E-state index contributed by atoms with van der Waals surface area (Å²) in [4.78, 5) is 6.08. The number of hydrogen-bond acceptors (Lipinski definition) is 2. The van der Waals surface area contributed by atoms with Crippen LogP contribution in [0.5, 0.6) is 0 Å². The first kappa shape index (κ1) is 14.9.